The van der Waals surface area contributed by atoms with Gasteiger partial charge in [0.1, 0.15) is 5.75 Å². The number of hydrogen-bond donors (Lipinski definition) is 2. The van der Waals surface area contributed by atoms with Crippen LogP contribution in [0.2, 0.25) is 0 Å². The third-order valence-electron chi connectivity index (χ3n) is 3.22. The number of carbonyl (C=O) groups is 1. The topological polar surface area (TPSA) is 98.5 Å². The molecule has 0 aliphatic carbocycles. The van der Waals surface area contributed by atoms with E-state index in [1.54, 1.807) is 31.2 Å². The number of primary amides is 1. The Morgan fingerprint density at radius 2 is 1.83 bits per heavy atom. The maximum absolute atomic E-state index is 12.5. The molecular formula is C16H18N2O4S. The number of hydrogen-bond acceptors (Lipinski definition) is 4. The van der Waals surface area contributed by atoms with Gasteiger partial charge in [0, 0.05) is 0 Å². The molecule has 0 bridgehead atoms. The van der Waals surface area contributed by atoms with Gasteiger partial charge in [-0.05, 0) is 49.7 Å². The van der Waals surface area contributed by atoms with E-state index in [9.17, 15) is 13.2 Å². The lowest BCUT2D eigenvalue weighted by Gasteiger charge is -2.14. The molecule has 0 saturated carbocycles. The number of anilines is 1. The number of aryl methyl sites for hydroxylation is 1. The lowest BCUT2D eigenvalue weighted by Crippen LogP contribution is -2.19. The molecule has 0 heterocycles. The number of ether oxygens (including phenoxy) is 1. The molecule has 0 aromatic heterocycles. The smallest absolute Gasteiger partial charge is 0.261 e. The normalized spacial score (nSPS) is 11.0. The molecule has 0 unspecified atom stereocenters. The van der Waals surface area contributed by atoms with E-state index in [1.807, 2.05) is 6.92 Å². The van der Waals surface area contributed by atoms with Gasteiger partial charge in [-0.15, -0.1) is 0 Å². The lowest BCUT2D eigenvalue weighted by molar-refractivity contribution is 0.100. The van der Waals surface area contributed by atoms with Crippen molar-refractivity contribution in [1.82, 2.24) is 0 Å². The maximum Gasteiger partial charge on any atom is 0.261 e. The minimum absolute atomic E-state index is 0.0691. The van der Waals surface area contributed by atoms with E-state index < -0.39 is 15.9 Å². The summed E-state index contributed by atoms with van der Waals surface area (Å²) in [6, 6.07) is 10.8. The van der Waals surface area contributed by atoms with Crippen molar-refractivity contribution in [3.63, 3.8) is 0 Å². The summed E-state index contributed by atoms with van der Waals surface area (Å²) in [7, 11) is -3.84. The van der Waals surface area contributed by atoms with Crippen molar-refractivity contribution in [3.05, 3.63) is 53.6 Å². The molecule has 2 aromatic rings. The van der Waals surface area contributed by atoms with Crippen molar-refractivity contribution in [1.29, 1.82) is 0 Å². The highest BCUT2D eigenvalue weighted by Gasteiger charge is 2.19. The van der Waals surface area contributed by atoms with Crippen LogP contribution >= 0.6 is 0 Å². The minimum Gasteiger partial charge on any atom is -0.494 e. The Kier molecular flexibility index (Phi) is 4.90. The number of nitrogens with one attached hydrogen (secondary N) is 1. The van der Waals surface area contributed by atoms with Crippen LogP contribution < -0.4 is 15.2 Å². The highest BCUT2D eigenvalue weighted by atomic mass is 32.2. The first kappa shape index (κ1) is 16.8. The summed E-state index contributed by atoms with van der Waals surface area (Å²) in [5, 5.41) is 0. The zero-order valence-electron chi connectivity index (χ0n) is 12.9. The average Bonchev–Trinajstić information content (AvgIpc) is 2.50. The number of carbonyl (C=O) groups excluding carboxylic acids is 1. The van der Waals surface area contributed by atoms with Crippen molar-refractivity contribution >= 4 is 21.6 Å². The van der Waals surface area contributed by atoms with Crippen molar-refractivity contribution in [2.24, 2.45) is 5.73 Å². The van der Waals surface area contributed by atoms with Crippen LogP contribution in [-0.2, 0) is 10.0 Å². The molecule has 0 fully saturated rings. The average molecular weight is 334 g/mol. The summed E-state index contributed by atoms with van der Waals surface area (Å²) in [4.78, 5) is 11.6. The number of sulfonamides is 1. The fourth-order valence-corrected chi connectivity index (χ4v) is 3.24. The Bertz CT molecular complexity index is 814. The third-order valence-corrected chi connectivity index (χ3v) is 4.59. The Balaban J connectivity index is 2.37. The van der Waals surface area contributed by atoms with E-state index in [1.165, 1.54) is 18.2 Å². The van der Waals surface area contributed by atoms with Gasteiger partial charge in [-0.3, -0.25) is 9.52 Å². The van der Waals surface area contributed by atoms with Gasteiger partial charge in [-0.1, -0.05) is 12.1 Å². The second kappa shape index (κ2) is 6.70. The summed E-state index contributed by atoms with van der Waals surface area (Å²) < 4.78 is 32.7. The van der Waals surface area contributed by atoms with Crippen molar-refractivity contribution in [2.75, 3.05) is 11.3 Å². The van der Waals surface area contributed by atoms with E-state index in [0.717, 1.165) is 0 Å². The van der Waals surface area contributed by atoms with Gasteiger partial charge in [0.15, 0.2) is 0 Å². The molecule has 0 spiro atoms. The van der Waals surface area contributed by atoms with E-state index >= 15 is 0 Å². The molecule has 0 atom stereocenters. The van der Waals surface area contributed by atoms with Crippen molar-refractivity contribution in [3.8, 4) is 5.75 Å². The summed E-state index contributed by atoms with van der Waals surface area (Å²) in [6.07, 6.45) is 0. The predicted molar refractivity (Wildman–Crippen MR) is 88.1 cm³/mol. The van der Waals surface area contributed by atoms with Gasteiger partial charge in [0.2, 0.25) is 0 Å². The van der Waals surface area contributed by atoms with Crippen LogP contribution in [0, 0.1) is 6.92 Å². The Hall–Kier alpha value is -2.54. The molecule has 122 valence electrons. The zero-order valence-corrected chi connectivity index (χ0v) is 13.7. The number of para-hydroxylation sites is 1. The van der Waals surface area contributed by atoms with Crippen molar-refractivity contribution in [2.45, 2.75) is 18.7 Å². The van der Waals surface area contributed by atoms with Gasteiger partial charge in [-0.25, -0.2) is 8.42 Å². The van der Waals surface area contributed by atoms with E-state index in [0.29, 0.717) is 17.9 Å². The molecule has 23 heavy (non-hydrogen) atoms. The molecule has 6 nitrogen and oxygen atoms in total. The highest BCUT2D eigenvalue weighted by Crippen LogP contribution is 2.24. The number of benzene rings is 2. The number of rotatable bonds is 6. The first-order valence-electron chi connectivity index (χ1n) is 7.00. The molecule has 0 aliphatic heterocycles. The van der Waals surface area contributed by atoms with Gasteiger partial charge in [0.05, 0.1) is 22.8 Å². The van der Waals surface area contributed by atoms with Crippen LogP contribution in [0.5, 0.6) is 5.75 Å². The van der Waals surface area contributed by atoms with Gasteiger partial charge >= 0.3 is 0 Å². The molecule has 0 aliphatic rings. The summed E-state index contributed by atoms with van der Waals surface area (Å²) in [5.41, 5.74) is 6.22. The summed E-state index contributed by atoms with van der Waals surface area (Å²) in [6.45, 7) is 4.04. The molecule has 0 radical (unpaired) electrons. The fourth-order valence-electron chi connectivity index (χ4n) is 2.08. The van der Waals surface area contributed by atoms with Crippen molar-refractivity contribution < 1.29 is 17.9 Å². The van der Waals surface area contributed by atoms with Crippen LogP contribution in [-0.4, -0.2) is 20.9 Å². The lowest BCUT2D eigenvalue weighted by atomic mass is 10.1. The highest BCUT2D eigenvalue weighted by molar-refractivity contribution is 7.92. The minimum atomic E-state index is -3.84. The van der Waals surface area contributed by atoms with Gasteiger partial charge in [-0.2, -0.15) is 0 Å². The van der Waals surface area contributed by atoms with E-state index in [4.69, 9.17) is 10.5 Å². The van der Waals surface area contributed by atoms with E-state index in [-0.39, 0.29) is 16.1 Å². The molecular weight excluding hydrogens is 316 g/mol. The molecule has 2 aromatic carbocycles. The van der Waals surface area contributed by atoms with Crippen LogP contribution in [0.1, 0.15) is 22.8 Å². The molecule has 7 heteroatoms. The third kappa shape index (κ3) is 3.81. The van der Waals surface area contributed by atoms with Gasteiger partial charge in [0.25, 0.3) is 15.9 Å². The second-order valence-electron chi connectivity index (χ2n) is 4.87. The number of amides is 1. The number of nitrogens with two attached hydrogens (primary N) is 1. The van der Waals surface area contributed by atoms with E-state index in [2.05, 4.69) is 4.72 Å². The first-order chi connectivity index (χ1) is 10.8. The largest absolute Gasteiger partial charge is 0.494 e. The zero-order chi connectivity index (χ0) is 17.0. The second-order valence-corrected chi connectivity index (χ2v) is 6.55. The standard InChI is InChI=1S/C16H18N2O4S/c1-3-22-12-7-9-13(10-8-12)23(20,21)18-15-11(2)5-4-6-14(15)16(17)19/h4-10,18H,3H2,1-2H3,(H2,17,19). The Labute approximate surface area is 135 Å². The van der Waals surface area contributed by atoms with Crippen LogP contribution in [0.4, 0.5) is 5.69 Å². The SMILES string of the molecule is CCOc1ccc(S(=O)(=O)Nc2c(C)cccc2C(N)=O)cc1. The Morgan fingerprint density at radius 1 is 1.17 bits per heavy atom. The summed E-state index contributed by atoms with van der Waals surface area (Å²) >= 11 is 0. The fraction of sp³-hybridized carbons (Fsp3) is 0.188. The predicted octanol–water partition coefficient (Wildman–Crippen LogP) is 2.29. The van der Waals surface area contributed by atoms with Gasteiger partial charge < -0.3 is 10.5 Å². The van der Waals surface area contributed by atoms with Crippen LogP contribution in [0.3, 0.4) is 0 Å². The quantitative estimate of drug-likeness (QED) is 0.846. The van der Waals surface area contributed by atoms with Crippen LogP contribution in [0.15, 0.2) is 47.4 Å². The summed E-state index contributed by atoms with van der Waals surface area (Å²) in [5.74, 6) is -0.113. The monoisotopic (exact) mass is 334 g/mol. The molecule has 2 rings (SSSR count). The molecule has 1 amide bonds. The van der Waals surface area contributed by atoms with Crippen LogP contribution in [0.25, 0.3) is 0 Å². The molecule has 0 saturated heterocycles. The molecule has 3 N–H and O–H groups in total. The maximum atomic E-state index is 12.5. The first-order valence-corrected chi connectivity index (χ1v) is 8.48. The Morgan fingerprint density at radius 3 is 2.39 bits per heavy atom.